The summed E-state index contributed by atoms with van der Waals surface area (Å²) in [6.07, 6.45) is 2.40. The Morgan fingerprint density at radius 2 is 2.19 bits per heavy atom. The molecule has 1 aliphatic rings. The quantitative estimate of drug-likeness (QED) is 0.632. The van der Waals surface area contributed by atoms with E-state index < -0.39 is 5.97 Å². The van der Waals surface area contributed by atoms with Crippen molar-refractivity contribution in [1.29, 1.82) is 0 Å². The highest BCUT2D eigenvalue weighted by Crippen LogP contribution is 2.25. The molecule has 16 heavy (non-hydrogen) atoms. The molecular formula is C11H20N2O3. The molecule has 1 saturated carbocycles. The molecule has 0 aliphatic heterocycles. The molecule has 0 radical (unpaired) electrons. The van der Waals surface area contributed by atoms with Crippen LogP contribution in [-0.4, -0.2) is 29.6 Å². The first-order valence-electron chi connectivity index (χ1n) is 5.75. The molecule has 0 saturated heterocycles. The highest BCUT2D eigenvalue weighted by atomic mass is 16.4. The number of hydrogen-bond donors (Lipinski definition) is 3. The van der Waals surface area contributed by atoms with E-state index in [0.717, 1.165) is 6.42 Å². The molecule has 92 valence electrons. The van der Waals surface area contributed by atoms with Crippen molar-refractivity contribution in [2.45, 2.75) is 38.6 Å². The van der Waals surface area contributed by atoms with Crippen LogP contribution in [0.2, 0.25) is 0 Å². The van der Waals surface area contributed by atoms with Gasteiger partial charge in [0.1, 0.15) is 0 Å². The van der Waals surface area contributed by atoms with Gasteiger partial charge in [-0.1, -0.05) is 6.92 Å². The first-order valence-corrected chi connectivity index (χ1v) is 5.75. The second kappa shape index (κ2) is 5.84. The highest BCUT2D eigenvalue weighted by molar-refractivity contribution is 5.77. The van der Waals surface area contributed by atoms with E-state index in [-0.39, 0.29) is 23.8 Å². The molecule has 0 aromatic carbocycles. The van der Waals surface area contributed by atoms with Crippen molar-refractivity contribution in [3.8, 4) is 0 Å². The van der Waals surface area contributed by atoms with Crippen molar-refractivity contribution in [3.05, 3.63) is 0 Å². The molecule has 0 bridgehead atoms. The molecule has 1 fully saturated rings. The number of carbonyl (C=O) groups is 2. The fourth-order valence-electron chi connectivity index (χ4n) is 2.02. The summed E-state index contributed by atoms with van der Waals surface area (Å²) in [5.41, 5.74) is 5.43. The number of nitrogens with one attached hydrogen (secondary N) is 1. The summed E-state index contributed by atoms with van der Waals surface area (Å²) in [4.78, 5) is 22.3. The molecule has 5 nitrogen and oxygen atoms in total. The van der Waals surface area contributed by atoms with Gasteiger partial charge in [0.25, 0.3) is 0 Å². The number of rotatable bonds is 5. The van der Waals surface area contributed by atoms with E-state index in [4.69, 9.17) is 10.8 Å². The summed E-state index contributed by atoms with van der Waals surface area (Å²) in [5.74, 6) is -0.894. The Morgan fingerprint density at radius 1 is 1.50 bits per heavy atom. The third kappa shape index (κ3) is 3.81. The standard InChI is InChI=1S/C11H20N2O3/c1-7(6-12)4-10(14)13-9-3-2-8(5-9)11(15)16/h7-9H,2-6,12H2,1H3,(H,13,14)(H,15,16). The number of carbonyl (C=O) groups excluding carboxylic acids is 1. The van der Waals surface area contributed by atoms with Crippen LogP contribution < -0.4 is 11.1 Å². The maximum absolute atomic E-state index is 11.5. The maximum atomic E-state index is 11.5. The largest absolute Gasteiger partial charge is 0.481 e. The number of carboxylic acids is 1. The number of hydrogen-bond acceptors (Lipinski definition) is 3. The predicted octanol–water partition coefficient (Wildman–Crippen LogP) is 0.341. The van der Waals surface area contributed by atoms with E-state index in [9.17, 15) is 9.59 Å². The average Bonchev–Trinajstić information content (AvgIpc) is 2.65. The van der Waals surface area contributed by atoms with Crippen molar-refractivity contribution in [2.75, 3.05) is 6.54 Å². The van der Waals surface area contributed by atoms with Crippen molar-refractivity contribution < 1.29 is 14.7 Å². The summed E-state index contributed by atoms with van der Waals surface area (Å²) in [6, 6.07) is 0.0265. The molecule has 0 aromatic heterocycles. The minimum absolute atomic E-state index is 0.0195. The molecule has 4 N–H and O–H groups in total. The van der Waals surface area contributed by atoms with Gasteiger partial charge in [-0.25, -0.2) is 0 Å². The van der Waals surface area contributed by atoms with Crippen LogP contribution in [0.15, 0.2) is 0 Å². The van der Waals surface area contributed by atoms with Crippen LogP contribution in [0.25, 0.3) is 0 Å². The Morgan fingerprint density at radius 3 is 2.69 bits per heavy atom. The first-order chi connectivity index (χ1) is 7.52. The van der Waals surface area contributed by atoms with E-state index in [1.807, 2.05) is 6.92 Å². The molecule has 3 atom stereocenters. The summed E-state index contributed by atoms with van der Waals surface area (Å²) >= 11 is 0. The maximum Gasteiger partial charge on any atom is 0.306 e. The van der Waals surface area contributed by atoms with Crippen molar-refractivity contribution >= 4 is 11.9 Å². The van der Waals surface area contributed by atoms with Gasteiger partial charge in [0.05, 0.1) is 5.92 Å². The highest BCUT2D eigenvalue weighted by Gasteiger charge is 2.30. The molecule has 0 aromatic rings. The predicted molar refractivity (Wildman–Crippen MR) is 59.7 cm³/mol. The van der Waals surface area contributed by atoms with Gasteiger partial charge in [-0.2, -0.15) is 0 Å². The molecule has 3 unspecified atom stereocenters. The monoisotopic (exact) mass is 228 g/mol. The number of carboxylic acid groups (broad SMARTS) is 1. The third-order valence-electron chi connectivity index (χ3n) is 3.08. The van der Waals surface area contributed by atoms with E-state index in [2.05, 4.69) is 5.32 Å². The fourth-order valence-corrected chi connectivity index (χ4v) is 2.02. The second-order valence-electron chi connectivity index (χ2n) is 4.66. The SMILES string of the molecule is CC(CN)CC(=O)NC1CCC(C(=O)O)C1. The summed E-state index contributed by atoms with van der Waals surface area (Å²) in [5, 5.41) is 11.7. The van der Waals surface area contributed by atoms with Crippen LogP contribution in [0.3, 0.4) is 0 Å². The Kier molecular flexibility index (Phi) is 4.73. The van der Waals surface area contributed by atoms with Gasteiger partial charge < -0.3 is 16.2 Å². The Labute approximate surface area is 95.4 Å². The zero-order valence-corrected chi connectivity index (χ0v) is 9.61. The molecule has 1 aliphatic carbocycles. The van der Waals surface area contributed by atoms with E-state index in [1.165, 1.54) is 0 Å². The van der Waals surface area contributed by atoms with Crippen molar-refractivity contribution in [2.24, 2.45) is 17.6 Å². The van der Waals surface area contributed by atoms with Gasteiger partial charge >= 0.3 is 5.97 Å². The minimum atomic E-state index is -0.757. The number of amides is 1. The zero-order chi connectivity index (χ0) is 12.1. The van der Waals surface area contributed by atoms with Crippen molar-refractivity contribution in [1.82, 2.24) is 5.32 Å². The van der Waals surface area contributed by atoms with Gasteiger partial charge in [-0.05, 0) is 31.7 Å². The summed E-state index contributed by atoms with van der Waals surface area (Å²) < 4.78 is 0. The molecule has 0 heterocycles. The van der Waals surface area contributed by atoms with Crippen molar-refractivity contribution in [3.63, 3.8) is 0 Å². The van der Waals surface area contributed by atoms with E-state index in [0.29, 0.717) is 25.8 Å². The molecule has 5 heteroatoms. The lowest BCUT2D eigenvalue weighted by Gasteiger charge is -2.14. The summed E-state index contributed by atoms with van der Waals surface area (Å²) in [6.45, 7) is 2.42. The number of nitrogens with two attached hydrogens (primary N) is 1. The third-order valence-corrected chi connectivity index (χ3v) is 3.08. The van der Waals surface area contributed by atoms with Gasteiger partial charge in [0, 0.05) is 12.5 Å². The smallest absolute Gasteiger partial charge is 0.306 e. The van der Waals surface area contributed by atoms with Gasteiger partial charge in [-0.15, -0.1) is 0 Å². The van der Waals surface area contributed by atoms with Gasteiger partial charge in [0.15, 0.2) is 0 Å². The lowest BCUT2D eigenvalue weighted by molar-refractivity contribution is -0.141. The van der Waals surface area contributed by atoms with Crippen LogP contribution in [0.1, 0.15) is 32.6 Å². The van der Waals surface area contributed by atoms with E-state index >= 15 is 0 Å². The molecule has 0 spiro atoms. The lowest BCUT2D eigenvalue weighted by Crippen LogP contribution is -2.35. The van der Waals surface area contributed by atoms with Crippen LogP contribution >= 0.6 is 0 Å². The Bertz CT molecular complexity index is 268. The lowest BCUT2D eigenvalue weighted by atomic mass is 10.1. The van der Waals surface area contributed by atoms with Crippen LogP contribution in [0.5, 0.6) is 0 Å². The molecule has 1 rings (SSSR count). The molecule has 1 amide bonds. The zero-order valence-electron chi connectivity index (χ0n) is 9.61. The molecular weight excluding hydrogens is 208 g/mol. The van der Waals surface area contributed by atoms with Crippen LogP contribution in [0.4, 0.5) is 0 Å². The van der Waals surface area contributed by atoms with E-state index in [1.54, 1.807) is 0 Å². The number of aliphatic carboxylic acids is 1. The topological polar surface area (TPSA) is 92.4 Å². The van der Waals surface area contributed by atoms with Crippen LogP contribution in [-0.2, 0) is 9.59 Å². The average molecular weight is 228 g/mol. The van der Waals surface area contributed by atoms with Gasteiger partial charge in [0.2, 0.25) is 5.91 Å². The van der Waals surface area contributed by atoms with Gasteiger partial charge in [-0.3, -0.25) is 9.59 Å². The summed E-state index contributed by atoms with van der Waals surface area (Å²) in [7, 11) is 0. The van der Waals surface area contributed by atoms with Crippen LogP contribution in [0, 0.1) is 11.8 Å². The fraction of sp³-hybridized carbons (Fsp3) is 0.818. The first kappa shape index (κ1) is 13.0. The second-order valence-corrected chi connectivity index (χ2v) is 4.66. The Hall–Kier alpha value is -1.10. The normalized spacial score (nSPS) is 26.4. The Balaban J connectivity index is 2.28. The minimum Gasteiger partial charge on any atom is -0.481 e.